The molecule has 1 aromatic rings. The number of guanidine groups is 1. The molecule has 0 spiro atoms. The molecule has 0 saturated heterocycles. The third-order valence-corrected chi connectivity index (χ3v) is 4.02. The SMILES string of the molecule is CN=C(NCCC(C)N(C)Cc1ccccc1)NC1CC1.I. The fourth-order valence-corrected chi connectivity index (χ4v) is 2.26. The van der Waals surface area contributed by atoms with E-state index in [4.69, 9.17) is 0 Å². The summed E-state index contributed by atoms with van der Waals surface area (Å²) < 4.78 is 0. The van der Waals surface area contributed by atoms with Crippen molar-refractivity contribution in [3.8, 4) is 0 Å². The van der Waals surface area contributed by atoms with Crippen molar-refractivity contribution < 1.29 is 0 Å². The predicted molar refractivity (Wildman–Crippen MR) is 105 cm³/mol. The minimum Gasteiger partial charge on any atom is -0.356 e. The zero-order valence-electron chi connectivity index (χ0n) is 13.9. The van der Waals surface area contributed by atoms with Crippen LogP contribution in [-0.2, 0) is 6.54 Å². The van der Waals surface area contributed by atoms with Crippen LogP contribution in [0.1, 0.15) is 31.7 Å². The zero-order valence-corrected chi connectivity index (χ0v) is 16.2. The lowest BCUT2D eigenvalue weighted by Gasteiger charge is -2.25. The summed E-state index contributed by atoms with van der Waals surface area (Å²) in [7, 11) is 4.03. The minimum absolute atomic E-state index is 0. The standard InChI is InChI=1S/C17H28N4.HI/c1-14(21(3)13-15-7-5-4-6-8-15)11-12-19-17(18-2)20-16-9-10-16;/h4-8,14,16H,9-13H2,1-3H3,(H2,18,19,20);1H. The third-order valence-electron chi connectivity index (χ3n) is 4.02. The topological polar surface area (TPSA) is 39.7 Å². The Labute approximate surface area is 151 Å². The Morgan fingerprint density at radius 1 is 1.32 bits per heavy atom. The summed E-state index contributed by atoms with van der Waals surface area (Å²) in [6.07, 6.45) is 3.66. The van der Waals surface area contributed by atoms with E-state index in [-0.39, 0.29) is 24.0 Å². The van der Waals surface area contributed by atoms with Crippen LogP contribution in [0.4, 0.5) is 0 Å². The van der Waals surface area contributed by atoms with Crippen LogP contribution in [0, 0.1) is 0 Å². The van der Waals surface area contributed by atoms with Gasteiger partial charge in [0.15, 0.2) is 5.96 Å². The Hall–Kier alpha value is -0.820. The van der Waals surface area contributed by atoms with Crippen LogP contribution in [0.2, 0.25) is 0 Å². The van der Waals surface area contributed by atoms with Gasteiger partial charge in [-0.15, -0.1) is 24.0 Å². The molecule has 0 bridgehead atoms. The van der Waals surface area contributed by atoms with Gasteiger partial charge < -0.3 is 10.6 Å². The van der Waals surface area contributed by atoms with Crippen LogP contribution in [0.15, 0.2) is 35.3 Å². The largest absolute Gasteiger partial charge is 0.356 e. The number of hydrogen-bond donors (Lipinski definition) is 2. The maximum Gasteiger partial charge on any atom is 0.191 e. The van der Waals surface area contributed by atoms with E-state index in [1.54, 1.807) is 0 Å². The molecule has 1 aliphatic carbocycles. The van der Waals surface area contributed by atoms with Gasteiger partial charge in [0.05, 0.1) is 0 Å². The fourth-order valence-electron chi connectivity index (χ4n) is 2.26. The van der Waals surface area contributed by atoms with Crippen molar-refractivity contribution in [1.82, 2.24) is 15.5 Å². The van der Waals surface area contributed by atoms with Crippen molar-refractivity contribution in [2.45, 2.75) is 44.8 Å². The molecule has 2 N–H and O–H groups in total. The average molecular weight is 416 g/mol. The molecule has 124 valence electrons. The average Bonchev–Trinajstić information content (AvgIpc) is 3.31. The van der Waals surface area contributed by atoms with Gasteiger partial charge in [0.1, 0.15) is 0 Å². The molecule has 1 atom stereocenters. The van der Waals surface area contributed by atoms with E-state index in [2.05, 4.69) is 64.8 Å². The van der Waals surface area contributed by atoms with Crippen LogP contribution >= 0.6 is 24.0 Å². The third kappa shape index (κ3) is 6.96. The summed E-state index contributed by atoms with van der Waals surface area (Å²) in [6.45, 7) is 4.23. The first-order valence-corrected chi connectivity index (χ1v) is 7.90. The van der Waals surface area contributed by atoms with Crippen molar-refractivity contribution in [1.29, 1.82) is 0 Å². The lowest BCUT2D eigenvalue weighted by Crippen LogP contribution is -2.40. The lowest BCUT2D eigenvalue weighted by atomic mass is 10.1. The molecule has 4 nitrogen and oxygen atoms in total. The maximum atomic E-state index is 4.26. The van der Waals surface area contributed by atoms with Gasteiger partial charge in [-0.1, -0.05) is 30.3 Å². The summed E-state index contributed by atoms with van der Waals surface area (Å²) >= 11 is 0. The molecule has 22 heavy (non-hydrogen) atoms. The van der Waals surface area contributed by atoms with Gasteiger partial charge in [-0.05, 0) is 38.8 Å². The molecule has 0 aromatic heterocycles. The maximum absolute atomic E-state index is 4.26. The zero-order chi connectivity index (χ0) is 15.1. The van der Waals surface area contributed by atoms with Crippen molar-refractivity contribution in [2.24, 2.45) is 4.99 Å². The minimum atomic E-state index is 0. The van der Waals surface area contributed by atoms with Crippen molar-refractivity contribution in [3.63, 3.8) is 0 Å². The summed E-state index contributed by atoms with van der Waals surface area (Å²) in [4.78, 5) is 6.66. The Kier molecular flexibility index (Phi) is 8.78. The van der Waals surface area contributed by atoms with E-state index in [1.807, 2.05) is 7.05 Å². The van der Waals surface area contributed by atoms with Gasteiger partial charge in [-0.2, -0.15) is 0 Å². The Bertz CT molecular complexity index is 445. The number of hydrogen-bond acceptors (Lipinski definition) is 2. The number of rotatable bonds is 7. The first-order chi connectivity index (χ1) is 10.2. The molecular weight excluding hydrogens is 387 g/mol. The molecule has 2 rings (SSSR count). The highest BCUT2D eigenvalue weighted by Gasteiger charge is 2.22. The Morgan fingerprint density at radius 2 is 2.00 bits per heavy atom. The summed E-state index contributed by atoms with van der Waals surface area (Å²) in [5.41, 5.74) is 1.37. The number of nitrogens with one attached hydrogen (secondary N) is 2. The lowest BCUT2D eigenvalue weighted by molar-refractivity contribution is 0.238. The molecular formula is C17H29IN4. The molecule has 1 unspecified atom stereocenters. The quantitative estimate of drug-likeness (QED) is 0.408. The molecule has 1 aromatic carbocycles. The van der Waals surface area contributed by atoms with Crippen LogP contribution in [0.3, 0.4) is 0 Å². The molecule has 0 radical (unpaired) electrons. The molecule has 1 fully saturated rings. The predicted octanol–water partition coefficient (Wildman–Crippen LogP) is 2.84. The smallest absolute Gasteiger partial charge is 0.191 e. The van der Waals surface area contributed by atoms with Crippen LogP contribution < -0.4 is 10.6 Å². The van der Waals surface area contributed by atoms with Gasteiger partial charge in [-0.25, -0.2) is 0 Å². The van der Waals surface area contributed by atoms with E-state index in [1.165, 1.54) is 18.4 Å². The van der Waals surface area contributed by atoms with E-state index >= 15 is 0 Å². The molecule has 0 heterocycles. The second kappa shape index (κ2) is 10.0. The molecule has 5 heteroatoms. The number of nitrogens with zero attached hydrogens (tertiary/aromatic N) is 2. The Morgan fingerprint density at radius 3 is 2.59 bits per heavy atom. The highest BCUT2D eigenvalue weighted by atomic mass is 127. The highest BCUT2D eigenvalue weighted by molar-refractivity contribution is 14.0. The summed E-state index contributed by atoms with van der Waals surface area (Å²) in [5.74, 6) is 0.940. The number of halogens is 1. The van der Waals surface area contributed by atoms with Gasteiger partial charge in [0, 0.05) is 32.2 Å². The normalized spacial score (nSPS) is 16.1. The summed E-state index contributed by atoms with van der Waals surface area (Å²) in [6, 6.07) is 11.8. The van der Waals surface area contributed by atoms with Crippen molar-refractivity contribution in [3.05, 3.63) is 35.9 Å². The monoisotopic (exact) mass is 416 g/mol. The fraction of sp³-hybridized carbons (Fsp3) is 0.588. The van der Waals surface area contributed by atoms with Gasteiger partial charge >= 0.3 is 0 Å². The van der Waals surface area contributed by atoms with Gasteiger partial charge in [-0.3, -0.25) is 9.89 Å². The molecule has 0 amide bonds. The second-order valence-electron chi connectivity index (χ2n) is 5.96. The van der Waals surface area contributed by atoms with Gasteiger partial charge in [0.25, 0.3) is 0 Å². The molecule has 1 saturated carbocycles. The van der Waals surface area contributed by atoms with E-state index in [0.717, 1.165) is 25.5 Å². The van der Waals surface area contributed by atoms with E-state index in [0.29, 0.717) is 12.1 Å². The first-order valence-electron chi connectivity index (χ1n) is 7.90. The van der Waals surface area contributed by atoms with Crippen molar-refractivity contribution >= 4 is 29.9 Å². The number of benzene rings is 1. The van der Waals surface area contributed by atoms with E-state index in [9.17, 15) is 0 Å². The highest BCUT2D eigenvalue weighted by Crippen LogP contribution is 2.18. The van der Waals surface area contributed by atoms with Crippen LogP contribution in [0.25, 0.3) is 0 Å². The van der Waals surface area contributed by atoms with Crippen LogP contribution in [-0.4, -0.2) is 43.6 Å². The second-order valence-corrected chi connectivity index (χ2v) is 5.96. The van der Waals surface area contributed by atoms with Crippen LogP contribution in [0.5, 0.6) is 0 Å². The Balaban J connectivity index is 0.00000242. The summed E-state index contributed by atoms with van der Waals surface area (Å²) in [5, 5.41) is 6.81. The number of aliphatic imine (C=N–C) groups is 1. The van der Waals surface area contributed by atoms with E-state index < -0.39 is 0 Å². The van der Waals surface area contributed by atoms with Crippen molar-refractivity contribution in [2.75, 3.05) is 20.6 Å². The first kappa shape index (κ1) is 19.2. The molecule has 0 aliphatic heterocycles. The molecule has 1 aliphatic rings. The van der Waals surface area contributed by atoms with Gasteiger partial charge in [0.2, 0.25) is 0 Å².